The van der Waals surface area contributed by atoms with Gasteiger partial charge < -0.3 is 9.88 Å². The Kier molecular flexibility index (Phi) is 2.44. The average molecular weight is 203 g/mol. The van der Waals surface area contributed by atoms with E-state index in [-0.39, 0.29) is 5.84 Å². The molecular weight excluding hydrogens is 189 g/mol. The minimum Gasteiger partial charge on any atom is -0.327 e. The van der Waals surface area contributed by atoms with Gasteiger partial charge in [0, 0.05) is 20.1 Å². The van der Waals surface area contributed by atoms with Gasteiger partial charge >= 0.3 is 0 Å². The number of aromatic nitrogens is 2. The van der Waals surface area contributed by atoms with Crippen molar-refractivity contribution in [2.24, 2.45) is 12.0 Å². The summed E-state index contributed by atoms with van der Waals surface area (Å²) in [4.78, 5) is 8.53. The molecule has 1 aromatic heterocycles. The maximum absolute atomic E-state index is 7.82. The lowest BCUT2D eigenvalue weighted by Crippen LogP contribution is -2.12. The lowest BCUT2D eigenvalue weighted by atomic mass is 10.0. The summed E-state index contributed by atoms with van der Waals surface area (Å²) in [5.41, 5.74) is 3.08. The Hall–Kier alpha value is -1.43. The summed E-state index contributed by atoms with van der Waals surface area (Å²) in [5.74, 6) is 0.898. The van der Waals surface area contributed by atoms with Crippen LogP contribution < -0.4 is 5.32 Å². The van der Waals surface area contributed by atoms with Crippen LogP contribution >= 0.6 is 0 Å². The lowest BCUT2D eigenvalue weighted by Gasteiger charge is -2.02. The van der Waals surface area contributed by atoms with Gasteiger partial charge in [-0.3, -0.25) is 5.41 Å². The van der Waals surface area contributed by atoms with Crippen molar-refractivity contribution in [3.05, 3.63) is 17.2 Å². The van der Waals surface area contributed by atoms with Crippen LogP contribution in [0, 0.1) is 5.41 Å². The molecule has 2 rings (SSSR count). The number of amidine groups is 1. The fraction of sp³-hybridized carbons (Fsp3) is 0.444. The molecule has 0 saturated carbocycles. The van der Waals surface area contributed by atoms with E-state index in [0.29, 0.717) is 5.82 Å². The van der Waals surface area contributed by atoms with Crippen LogP contribution in [0.5, 0.6) is 0 Å². The van der Waals surface area contributed by atoms with E-state index in [4.69, 9.17) is 5.41 Å². The van der Waals surface area contributed by atoms with Crippen LogP contribution in [-0.2, 0) is 20.1 Å². The average Bonchev–Trinajstić information content (AvgIpc) is 2.67. The van der Waals surface area contributed by atoms with Crippen molar-refractivity contribution in [2.75, 3.05) is 0 Å². The van der Waals surface area contributed by atoms with Gasteiger partial charge in [-0.15, -0.1) is 0 Å². The highest BCUT2D eigenvalue weighted by atomic mass is 15.2. The molecule has 0 fully saturated rings. The zero-order valence-electron chi connectivity index (χ0n) is 9.26. The van der Waals surface area contributed by atoms with Gasteiger partial charge in [-0.2, -0.15) is 0 Å². The Balaban J connectivity index is 2.38. The minimum atomic E-state index is 0.243. The number of rotatable bonds is 1. The Bertz CT molecular complexity index is 442. The standard InChI is InChI=1S/C9H14BN5/c1-5(10)13-8(11)9-14-6-3-12-4-7(6)15(9)2/h11-12H,3-4,10H2,1-2H3/b11-8?,13-5-. The third kappa shape index (κ3) is 1.72. The van der Waals surface area contributed by atoms with E-state index in [0.717, 1.165) is 24.4 Å². The zero-order valence-corrected chi connectivity index (χ0v) is 9.26. The summed E-state index contributed by atoms with van der Waals surface area (Å²) in [7, 11) is 3.82. The van der Waals surface area contributed by atoms with Gasteiger partial charge in [-0.1, -0.05) is 0 Å². The summed E-state index contributed by atoms with van der Waals surface area (Å²) >= 11 is 0. The number of nitrogens with one attached hydrogen (secondary N) is 2. The number of hydrogen-bond acceptors (Lipinski definition) is 3. The molecule has 0 spiro atoms. The van der Waals surface area contributed by atoms with Crippen molar-refractivity contribution in [1.82, 2.24) is 14.9 Å². The van der Waals surface area contributed by atoms with E-state index in [1.54, 1.807) is 0 Å². The molecule has 6 heteroatoms. The molecule has 1 aliphatic heterocycles. The van der Waals surface area contributed by atoms with Crippen molar-refractivity contribution >= 4 is 19.3 Å². The van der Waals surface area contributed by atoms with Crippen molar-refractivity contribution in [3.63, 3.8) is 0 Å². The van der Waals surface area contributed by atoms with Gasteiger partial charge in [0.25, 0.3) is 0 Å². The Morgan fingerprint density at radius 2 is 2.33 bits per heavy atom. The van der Waals surface area contributed by atoms with Crippen LogP contribution in [0.25, 0.3) is 0 Å². The van der Waals surface area contributed by atoms with E-state index in [9.17, 15) is 0 Å². The van der Waals surface area contributed by atoms with Gasteiger partial charge in [0.2, 0.25) is 0 Å². The summed E-state index contributed by atoms with van der Waals surface area (Å²) in [6, 6.07) is 0. The highest BCUT2D eigenvalue weighted by Gasteiger charge is 2.20. The van der Waals surface area contributed by atoms with Gasteiger partial charge in [-0.25, -0.2) is 9.98 Å². The second-order valence-electron chi connectivity index (χ2n) is 3.90. The highest BCUT2D eigenvalue weighted by molar-refractivity contribution is 6.60. The summed E-state index contributed by atoms with van der Waals surface area (Å²) in [6.07, 6.45) is 0. The van der Waals surface area contributed by atoms with Crippen LogP contribution in [0.3, 0.4) is 0 Å². The number of imidazole rings is 1. The molecule has 0 bridgehead atoms. The first-order valence-electron chi connectivity index (χ1n) is 4.95. The molecule has 2 N–H and O–H groups in total. The highest BCUT2D eigenvalue weighted by Crippen LogP contribution is 2.16. The predicted octanol–water partition coefficient (Wildman–Crippen LogP) is -0.600. The second-order valence-corrected chi connectivity index (χ2v) is 3.90. The van der Waals surface area contributed by atoms with Gasteiger partial charge in [0.1, 0.15) is 0 Å². The fourth-order valence-corrected chi connectivity index (χ4v) is 1.74. The second kappa shape index (κ2) is 3.62. The molecule has 1 aromatic rings. The van der Waals surface area contributed by atoms with Gasteiger partial charge in [0.05, 0.1) is 11.4 Å². The number of fused-ring (bicyclic) bond motifs is 1. The largest absolute Gasteiger partial charge is 0.327 e. The summed E-state index contributed by atoms with van der Waals surface area (Å²) < 4.78 is 1.95. The first kappa shape index (κ1) is 10.1. The SMILES string of the molecule is B/C(C)=N\C(=N)c1nc2c(n1C)CNC2. The molecule has 0 amide bonds. The lowest BCUT2D eigenvalue weighted by molar-refractivity contribution is 0.708. The molecule has 0 aromatic carbocycles. The van der Waals surface area contributed by atoms with Crippen LogP contribution in [0.2, 0.25) is 0 Å². The number of aliphatic imine (C=N–C) groups is 1. The predicted molar refractivity (Wildman–Crippen MR) is 62.2 cm³/mol. The topological polar surface area (TPSA) is 66.1 Å². The molecule has 0 radical (unpaired) electrons. The molecule has 0 atom stereocenters. The van der Waals surface area contributed by atoms with Crippen LogP contribution in [0.15, 0.2) is 4.99 Å². The smallest absolute Gasteiger partial charge is 0.187 e. The Morgan fingerprint density at radius 3 is 2.93 bits per heavy atom. The maximum atomic E-state index is 7.82. The van der Waals surface area contributed by atoms with E-state index in [1.807, 2.05) is 26.4 Å². The van der Waals surface area contributed by atoms with E-state index >= 15 is 0 Å². The van der Waals surface area contributed by atoms with Crippen molar-refractivity contribution < 1.29 is 0 Å². The summed E-state index contributed by atoms with van der Waals surface area (Å²) in [6.45, 7) is 3.51. The molecular formula is C9H14BN5. The first-order valence-corrected chi connectivity index (χ1v) is 4.95. The normalized spacial score (nSPS) is 15.5. The van der Waals surface area contributed by atoms with Crippen LogP contribution in [-0.4, -0.2) is 28.8 Å². The molecule has 1 aliphatic rings. The maximum Gasteiger partial charge on any atom is 0.187 e. The third-order valence-corrected chi connectivity index (χ3v) is 2.43. The zero-order chi connectivity index (χ0) is 11.0. The van der Waals surface area contributed by atoms with Crippen molar-refractivity contribution in [3.8, 4) is 0 Å². The minimum absolute atomic E-state index is 0.243. The van der Waals surface area contributed by atoms with E-state index in [2.05, 4.69) is 15.3 Å². The van der Waals surface area contributed by atoms with Crippen LogP contribution in [0.4, 0.5) is 0 Å². The molecule has 2 heterocycles. The van der Waals surface area contributed by atoms with Crippen LogP contribution in [0.1, 0.15) is 24.1 Å². The molecule has 0 unspecified atom stereocenters. The van der Waals surface area contributed by atoms with Crippen molar-refractivity contribution in [1.29, 1.82) is 5.41 Å². The first-order chi connectivity index (χ1) is 7.09. The number of nitrogens with zero attached hydrogens (tertiary/aromatic N) is 3. The van der Waals surface area contributed by atoms with Gasteiger partial charge in [0.15, 0.2) is 19.5 Å². The molecule has 0 aliphatic carbocycles. The van der Waals surface area contributed by atoms with E-state index < -0.39 is 0 Å². The van der Waals surface area contributed by atoms with Gasteiger partial charge in [-0.05, 0) is 12.5 Å². The quantitative estimate of drug-likeness (QED) is 0.363. The molecule has 78 valence electrons. The summed E-state index contributed by atoms with van der Waals surface area (Å²) in [5, 5.41) is 11.0. The Labute approximate surface area is 89.5 Å². The van der Waals surface area contributed by atoms with E-state index in [1.165, 1.54) is 5.69 Å². The molecule has 0 saturated heterocycles. The fourth-order valence-electron chi connectivity index (χ4n) is 1.74. The number of hydrogen-bond donors (Lipinski definition) is 2. The molecule has 15 heavy (non-hydrogen) atoms. The Morgan fingerprint density at radius 1 is 1.60 bits per heavy atom. The monoisotopic (exact) mass is 203 g/mol. The molecule has 5 nitrogen and oxygen atoms in total. The third-order valence-electron chi connectivity index (χ3n) is 2.43. The van der Waals surface area contributed by atoms with Crippen molar-refractivity contribution in [2.45, 2.75) is 20.0 Å².